The van der Waals surface area contributed by atoms with Crippen LogP contribution in [0, 0.1) is 5.92 Å². The smallest absolute Gasteiger partial charge is 0.163 e. The van der Waals surface area contributed by atoms with Crippen molar-refractivity contribution in [2.45, 2.75) is 71.1 Å². The van der Waals surface area contributed by atoms with Crippen LogP contribution < -0.4 is 0 Å². The Hall–Kier alpha value is -0.960. The molecule has 1 atom stereocenters. The topological polar surface area (TPSA) is 54.4 Å². The maximum Gasteiger partial charge on any atom is 0.163 e. The van der Waals surface area contributed by atoms with E-state index in [1.54, 1.807) is 6.08 Å². The van der Waals surface area contributed by atoms with Crippen molar-refractivity contribution < 1.29 is 14.7 Å². The first kappa shape index (κ1) is 17.1. The molecule has 1 aliphatic carbocycles. The van der Waals surface area contributed by atoms with Gasteiger partial charge in [-0.1, -0.05) is 51.0 Å². The second kappa shape index (κ2) is 9.87. The standard InChI is InChI=1S/C17H28O3/c1-14-15(12-16(19)13-17(14)20)10-8-6-4-2-3-5-7-9-11-18/h12,14,18H,2-11,13H2,1H3. The fourth-order valence-electron chi connectivity index (χ4n) is 2.70. The third-order valence-electron chi connectivity index (χ3n) is 4.11. The zero-order chi connectivity index (χ0) is 14.8. The van der Waals surface area contributed by atoms with E-state index in [-0.39, 0.29) is 23.9 Å². The molecule has 0 aromatic heterocycles. The Morgan fingerprint density at radius 2 is 1.55 bits per heavy atom. The van der Waals surface area contributed by atoms with Gasteiger partial charge in [0, 0.05) is 12.5 Å². The van der Waals surface area contributed by atoms with Gasteiger partial charge < -0.3 is 5.11 Å². The van der Waals surface area contributed by atoms with Gasteiger partial charge in [0.05, 0.1) is 6.42 Å². The number of carbonyl (C=O) groups excluding carboxylic acids is 2. The lowest BCUT2D eigenvalue weighted by Gasteiger charge is -2.18. The average molecular weight is 280 g/mol. The fraction of sp³-hybridized carbons (Fsp3) is 0.765. The van der Waals surface area contributed by atoms with E-state index in [0.717, 1.165) is 31.3 Å². The van der Waals surface area contributed by atoms with Gasteiger partial charge in [0.1, 0.15) is 5.78 Å². The molecule has 1 N–H and O–H groups in total. The molecule has 0 saturated carbocycles. The molecular weight excluding hydrogens is 252 g/mol. The molecule has 0 spiro atoms. The summed E-state index contributed by atoms with van der Waals surface area (Å²) in [5.41, 5.74) is 1.04. The number of hydrogen-bond donors (Lipinski definition) is 1. The van der Waals surface area contributed by atoms with Crippen LogP contribution >= 0.6 is 0 Å². The highest BCUT2D eigenvalue weighted by Crippen LogP contribution is 2.24. The second-order valence-electron chi connectivity index (χ2n) is 5.85. The summed E-state index contributed by atoms with van der Waals surface area (Å²) < 4.78 is 0. The van der Waals surface area contributed by atoms with Crippen molar-refractivity contribution in [1.82, 2.24) is 0 Å². The van der Waals surface area contributed by atoms with E-state index in [1.807, 2.05) is 6.92 Å². The highest BCUT2D eigenvalue weighted by molar-refractivity contribution is 6.09. The minimum atomic E-state index is -0.0498. The van der Waals surface area contributed by atoms with Crippen molar-refractivity contribution in [1.29, 1.82) is 0 Å². The Bertz CT molecular complexity index is 344. The first-order valence-electron chi connectivity index (χ1n) is 8.02. The van der Waals surface area contributed by atoms with E-state index < -0.39 is 0 Å². The minimum Gasteiger partial charge on any atom is -0.396 e. The zero-order valence-electron chi connectivity index (χ0n) is 12.7. The summed E-state index contributed by atoms with van der Waals surface area (Å²) in [6.07, 6.45) is 11.9. The summed E-state index contributed by atoms with van der Waals surface area (Å²) in [4.78, 5) is 23.0. The van der Waals surface area contributed by atoms with Gasteiger partial charge >= 0.3 is 0 Å². The van der Waals surface area contributed by atoms with Crippen molar-refractivity contribution in [2.75, 3.05) is 6.61 Å². The highest BCUT2D eigenvalue weighted by Gasteiger charge is 2.24. The Morgan fingerprint density at radius 3 is 2.15 bits per heavy atom. The summed E-state index contributed by atoms with van der Waals surface area (Å²) in [6, 6.07) is 0. The largest absolute Gasteiger partial charge is 0.396 e. The molecule has 0 radical (unpaired) electrons. The molecule has 1 unspecified atom stereocenters. The predicted octanol–water partition coefficient (Wildman–Crippen LogP) is 3.59. The maximum atomic E-state index is 11.6. The van der Waals surface area contributed by atoms with Gasteiger partial charge in [-0.3, -0.25) is 9.59 Å². The number of Topliss-reactive ketones (excluding diaryl/α,β-unsaturated/α-hetero) is 1. The lowest BCUT2D eigenvalue weighted by molar-refractivity contribution is -0.127. The van der Waals surface area contributed by atoms with E-state index >= 15 is 0 Å². The van der Waals surface area contributed by atoms with Gasteiger partial charge in [-0.05, 0) is 25.3 Å². The van der Waals surface area contributed by atoms with Crippen LogP contribution in [-0.4, -0.2) is 23.3 Å². The number of aliphatic hydroxyl groups excluding tert-OH is 1. The summed E-state index contributed by atoms with van der Waals surface area (Å²) in [5, 5.41) is 8.67. The van der Waals surface area contributed by atoms with E-state index in [4.69, 9.17) is 5.11 Å². The van der Waals surface area contributed by atoms with E-state index in [1.165, 1.54) is 32.1 Å². The van der Waals surface area contributed by atoms with E-state index in [9.17, 15) is 9.59 Å². The molecule has 0 aromatic rings. The Balaban J connectivity index is 2.06. The minimum absolute atomic E-state index is 0.0213. The molecule has 3 nitrogen and oxygen atoms in total. The number of allylic oxidation sites excluding steroid dienone is 2. The molecular formula is C17H28O3. The van der Waals surface area contributed by atoms with Crippen LogP contribution in [0.5, 0.6) is 0 Å². The molecule has 0 amide bonds. The average Bonchev–Trinajstić information content (AvgIpc) is 2.42. The van der Waals surface area contributed by atoms with Gasteiger partial charge in [0.15, 0.2) is 5.78 Å². The van der Waals surface area contributed by atoms with Gasteiger partial charge in [-0.25, -0.2) is 0 Å². The molecule has 0 fully saturated rings. The van der Waals surface area contributed by atoms with Crippen LogP contribution in [0.4, 0.5) is 0 Å². The lowest BCUT2D eigenvalue weighted by atomic mass is 9.84. The molecule has 114 valence electrons. The van der Waals surface area contributed by atoms with Gasteiger partial charge in [-0.15, -0.1) is 0 Å². The monoisotopic (exact) mass is 280 g/mol. The maximum absolute atomic E-state index is 11.6. The quantitative estimate of drug-likeness (QED) is 0.491. The molecule has 0 aliphatic heterocycles. The summed E-state index contributed by atoms with van der Waals surface area (Å²) in [6.45, 7) is 2.23. The van der Waals surface area contributed by atoms with Crippen molar-refractivity contribution in [3.05, 3.63) is 11.6 Å². The molecule has 0 heterocycles. The third kappa shape index (κ3) is 6.47. The Morgan fingerprint density at radius 1 is 1.00 bits per heavy atom. The summed E-state index contributed by atoms with van der Waals surface area (Å²) in [7, 11) is 0. The van der Waals surface area contributed by atoms with Gasteiger partial charge in [-0.2, -0.15) is 0 Å². The van der Waals surface area contributed by atoms with E-state index in [2.05, 4.69) is 0 Å². The number of ketones is 2. The van der Waals surface area contributed by atoms with Crippen LogP contribution in [0.1, 0.15) is 71.1 Å². The number of carbonyl (C=O) groups is 2. The zero-order valence-corrected chi connectivity index (χ0v) is 12.7. The SMILES string of the molecule is CC1C(=O)CC(=O)C=C1CCCCCCCCCCO. The van der Waals surface area contributed by atoms with Gasteiger partial charge in [0.25, 0.3) is 0 Å². The highest BCUT2D eigenvalue weighted by atomic mass is 16.2. The van der Waals surface area contributed by atoms with Crippen LogP contribution in [0.2, 0.25) is 0 Å². The van der Waals surface area contributed by atoms with Crippen LogP contribution in [-0.2, 0) is 9.59 Å². The summed E-state index contributed by atoms with van der Waals surface area (Å²) >= 11 is 0. The third-order valence-corrected chi connectivity index (χ3v) is 4.11. The fourth-order valence-corrected chi connectivity index (χ4v) is 2.70. The molecule has 0 bridgehead atoms. The van der Waals surface area contributed by atoms with Gasteiger partial charge in [0.2, 0.25) is 0 Å². The van der Waals surface area contributed by atoms with E-state index in [0.29, 0.717) is 6.61 Å². The number of unbranched alkanes of at least 4 members (excludes halogenated alkanes) is 7. The Labute approximate surface area is 122 Å². The summed E-state index contributed by atoms with van der Waals surface area (Å²) in [5.74, 6) is 0.00884. The number of rotatable bonds is 10. The first-order chi connectivity index (χ1) is 9.65. The van der Waals surface area contributed by atoms with Crippen molar-refractivity contribution in [3.8, 4) is 0 Å². The van der Waals surface area contributed by atoms with Crippen molar-refractivity contribution in [2.24, 2.45) is 5.92 Å². The number of aliphatic hydroxyl groups is 1. The van der Waals surface area contributed by atoms with Crippen molar-refractivity contribution in [3.63, 3.8) is 0 Å². The molecule has 0 aromatic carbocycles. The van der Waals surface area contributed by atoms with Crippen molar-refractivity contribution >= 4 is 11.6 Å². The van der Waals surface area contributed by atoms with Crippen LogP contribution in [0.15, 0.2) is 11.6 Å². The van der Waals surface area contributed by atoms with Crippen LogP contribution in [0.25, 0.3) is 0 Å². The molecule has 1 aliphatic rings. The first-order valence-corrected chi connectivity index (χ1v) is 8.02. The number of hydrogen-bond acceptors (Lipinski definition) is 3. The second-order valence-corrected chi connectivity index (χ2v) is 5.85. The molecule has 20 heavy (non-hydrogen) atoms. The normalized spacial score (nSPS) is 19.3. The molecule has 1 rings (SSSR count). The predicted molar refractivity (Wildman–Crippen MR) is 80.5 cm³/mol. The Kier molecular flexibility index (Phi) is 8.43. The molecule has 3 heteroatoms. The van der Waals surface area contributed by atoms with Crippen LogP contribution in [0.3, 0.4) is 0 Å². The lowest BCUT2D eigenvalue weighted by Crippen LogP contribution is -2.22. The molecule has 0 saturated heterocycles.